The van der Waals surface area contributed by atoms with Gasteiger partial charge in [-0.1, -0.05) is 17.8 Å². The standard InChI is InChI=1S/C20H17FN4OS/c1-11-7-14(13(3)24(11)16-6-4-5-15(21)9-16)8-17-18(22)25-12(2)10-27-20(25)23-19(17)26/h4-10,22H,1-3H3/b17-8+,22-18?. The van der Waals surface area contributed by atoms with E-state index in [4.69, 9.17) is 5.41 Å². The number of amidine groups is 2. The Labute approximate surface area is 160 Å². The summed E-state index contributed by atoms with van der Waals surface area (Å²) < 4.78 is 15.6. The number of benzene rings is 1. The van der Waals surface area contributed by atoms with Crippen molar-refractivity contribution in [2.24, 2.45) is 4.99 Å². The van der Waals surface area contributed by atoms with Crippen LogP contribution in [0.4, 0.5) is 4.39 Å². The van der Waals surface area contributed by atoms with Crippen LogP contribution in [0.3, 0.4) is 0 Å². The highest BCUT2D eigenvalue weighted by atomic mass is 32.2. The molecule has 0 radical (unpaired) electrons. The number of halogens is 1. The number of aromatic nitrogens is 1. The number of carbonyl (C=O) groups is 1. The minimum atomic E-state index is -0.419. The molecule has 1 aromatic carbocycles. The molecule has 0 atom stereocenters. The molecular formula is C20H17FN4OS. The Kier molecular flexibility index (Phi) is 4.11. The number of rotatable bonds is 2. The Hall–Kier alpha value is -2.93. The van der Waals surface area contributed by atoms with Gasteiger partial charge in [-0.3, -0.25) is 15.1 Å². The van der Waals surface area contributed by atoms with Gasteiger partial charge in [0.15, 0.2) is 5.17 Å². The summed E-state index contributed by atoms with van der Waals surface area (Å²) in [7, 11) is 0. The average molecular weight is 380 g/mol. The predicted molar refractivity (Wildman–Crippen MR) is 107 cm³/mol. The minimum Gasteiger partial charge on any atom is -0.318 e. The van der Waals surface area contributed by atoms with E-state index in [1.54, 1.807) is 17.0 Å². The van der Waals surface area contributed by atoms with Gasteiger partial charge in [-0.15, -0.1) is 0 Å². The molecule has 2 aliphatic heterocycles. The lowest BCUT2D eigenvalue weighted by atomic mass is 10.1. The van der Waals surface area contributed by atoms with E-state index in [1.807, 2.05) is 42.9 Å². The lowest BCUT2D eigenvalue weighted by Crippen LogP contribution is -2.37. The number of aryl methyl sites for hydroxylation is 1. The van der Waals surface area contributed by atoms with Crippen LogP contribution in [-0.2, 0) is 4.79 Å². The SMILES string of the molecule is CC1=CSC2=NC(=O)/C(=C/c3cc(C)n(-c4cccc(F)c4)c3C)C(=N)N12. The van der Waals surface area contributed by atoms with Crippen molar-refractivity contribution in [2.75, 3.05) is 0 Å². The molecule has 0 aliphatic carbocycles. The summed E-state index contributed by atoms with van der Waals surface area (Å²) >= 11 is 1.34. The fraction of sp³-hybridized carbons (Fsp3) is 0.150. The molecule has 136 valence electrons. The number of thioether (sulfide) groups is 1. The highest BCUT2D eigenvalue weighted by molar-refractivity contribution is 8.16. The first kappa shape index (κ1) is 17.5. The van der Waals surface area contributed by atoms with Gasteiger partial charge in [-0.05, 0) is 62.1 Å². The number of fused-ring (bicyclic) bond motifs is 1. The zero-order valence-corrected chi connectivity index (χ0v) is 15.9. The van der Waals surface area contributed by atoms with E-state index < -0.39 is 5.91 Å². The second-order valence-corrected chi connectivity index (χ2v) is 7.30. The van der Waals surface area contributed by atoms with Gasteiger partial charge in [0.25, 0.3) is 5.91 Å². The van der Waals surface area contributed by atoms with Gasteiger partial charge in [0.1, 0.15) is 11.7 Å². The number of aliphatic imine (C=N–C) groups is 1. The third kappa shape index (κ3) is 2.84. The van der Waals surface area contributed by atoms with E-state index in [0.29, 0.717) is 5.17 Å². The van der Waals surface area contributed by atoms with Gasteiger partial charge in [-0.2, -0.15) is 4.99 Å². The summed E-state index contributed by atoms with van der Waals surface area (Å²) in [4.78, 5) is 18.2. The summed E-state index contributed by atoms with van der Waals surface area (Å²) in [5, 5.41) is 10.8. The maximum Gasteiger partial charge on any atom is 0.283 e. The Morgan fingerprint density at radius 2 is 2.00 bits per heavy atom. The summed E-state index contributed by atoms with van der Waals surface area (Å²) in [5.74, 6) is -0.600. The van der Waals surface area contributed by atoms with Crippen molar-refractivity contribution in [3.8, 4) is 5.69 Å². The summed E-state index contributed by atoms with van der Waals surface area (Å²) in [5.41, 5.74) is 4.41. The molecule has 1 aromatic heterocycles. The smallest absolute Gasteiger partial charge is 0.283 e. The summed E-state index contributed by atoms with van der Waals surface area (Å²) in [6.45, 7) is 5.72. The number of hydrogen-bond donors (Lipinski definition) is 1. The number of hydrogen-bond acceptors (Lipinski definition) is 3. The van der Waals surface area contributed by atoms with Crippen molar-refractivity contribution in [2.45, 2.75) is 20.8 Å². The Balaban J connectivity index is 1.79. The maximum absolute atomic E-state index is 13.6. The highest BCUT2D eigenvalue weighted by Crippen LogP contribution is 2.32. The first-order valence-corrected chi connectivity index (χ1v) is 9.27. The zero-order valence-electron chi connectivity index (χ0n) is 15.1. The van der Waals surface area contributed by atoms with Crippen LogP contribution in [0.2, 0.25) is 0 Å². The van der Waals surface area contributed by atoms with Crippen LogP contribution in [-0.4, -0.2) is 26.4 Å². The molecular weight excluding hydrogens is 363 g/mol. The van der Waals surface area contributed by atoms with E-state index >= 15 is 0 Å². The molecule has 4 rings (SSSR count). The van der Waals surface area contributed by atoms with Gasteiger partial charge in [0.05, 0.1) is 5.57 Å². The van der Waals surface area contributed by atoms with E-state index in [1.165, 1.54) is 23.9 Å². The van der Waals surface area contributed by atoms with Crippen molar-refractivity contribution >= 4 is 34.7 Å². The summed E-state index contributed by atoms with van der Waals surface area (Å²) in [6.07, 6.45) is 1.69. The first-order valence-electron chi connectivity index (χ1n) is 8.39. The van der Waals surface area contributed by atoms with Crippen molar-refractivity contribution in [3.05, 3.63) is 69.8 Å². The third-order valence-electron chi connectivity index (χ3n) is 4.62. The molecule has 1 N–H and O–H groups in total. The average Bonchev–Trinajstić information content (AvgIpc) is 3.11. The van der Waals surface area contributed by atoms with Gasteiger partial charge in [0.2, 0.25) is 0 Å². The molecule has 0 saturated heterocycles. The first-order chi connectivity index (χ1) is 12.9. The Bertz CT molecular complexity index is 1090. The number of nitrogens with zero attached hydrogens (tertiary/aromatic N) is 3. The highest BCUT2D eigenvalue weighted by Gasteiger charge is 2.34. The number of carbonyl (C=O) groups excluding carboxylic acids is 1. The molecule has 2 aliphatic rings. The lowest BCUT2D eigenvalue weighted by Gasteiger charge is -2.25. The molecule has 2 aromatic rings. The molecule has 7 heteroatoms. The van der Waals surface area contributed by atoms with Gasteiger partial charge < -0.3 is 4.57 Å². The molecule has 1 amide bonds. The minimum absolute atomic E-state index is 0.124. The molecule has 5 nitrogen and oxygen atoms in total. The van der Waals surface area contributed by atoms with Crippen LogP contribution in [0.25, 0.3) is 11.8 Å². The normalized spacial score (nSPS) is 18.1. The van der Waals surface area contributed by atoms with Crippen LogP contribution in [0.5, 0.6) is 0 Å². The number of amides is 1. The monoisotopic (exact) mass is 380 g/mol. The topological polar surface area (TPSA) is 61.5 Å². The fourth-order valence-corrected chi connectivity index (χ4v) is 4.20. The molecule has 0 fully saturated rings. The molecule has 0 bridgehead atoms. The predicted octanol–water partition coefficient (Wildman–Crippen LogP) is 4.40. The van der Waals surface area contributed by atoms with E-state index in [0.717, 1.165) is 28.3 Å². The quantitative estimate of drug-likeness (QED) is 0.786. The van der Waals surface area contributed by atoms with Gasteiger partial charge >= 0.3 is 0 Å². The van der Waals surface area contributed by atoms with E-state index in [-0.39, 0.29) is 17.2 Å². The Morgan fingerprint density at radius 1 is 1.22 bits per heavy atom. The van der Waals surface area contributed by atoms with Crippen molar-refractivity contribution < 1.29 is 9.18 Å². The molecule has 0 spiro atoms. The van der Waals surface area contributed by atoms with Crippen LogP contribution >= 0.6 is 11.8 Å². The molecule has 0 saturated carbocycles. The molecule has 3 heterocycles. The van der Waals surface area contributed by atoms with Crippen molar-refractivity contribution in [1.82, 2.24) is 9.47 Å². The largest absolute Gasteiger partial charge is 0.318 e. The lowest BCUT2D eigenvalue weighted by molar-refractivity contribution is -0.114. The fourth-order valence-electron chi connectivity index (χ4n) is 3.34. The van der Waals surface area contributed by atoms with Gasteiger partial charge in [0, 0.05) is 22.8 Å². The second-order valence-electron chi connectivity index (χ2n) is 6.46. The maximum atomic E-state index is 13.6. The van der Waals surface area contributed by atoms with Crippen LogP contribution in [0.15, 0.2) is 52.0 Å². The third-order valence-corrected chi connectivity index (χ3v) is 5.57. The van der Waals surface area contributed by atoms with Gasteiger partial charge in [-0.25, -0.2) is 4.39 Å². The van der Waals surface area contributed by atoms with E-state index in [2.05, 4.69) is 4.99 Å². The molecule has 0 unspecified atom stereocenters. The molecule has 27 heavy (non-hydrogen) atoms. The van der Waals surface area contributed by atoms with Crippen LogP contribution in [0, 0.1) is 25.1 Å². The van der Waals surface area contributed by atoms with Crippen molar-refractivity contribution in [3.63, 3.8) is 0 Å². The zero-order chi connectivity index (χ0) is 19.3. The Morgan fingerprint density at radius 3 is 2.74 bits per heavy atom. The second kappa shape index (κ2) is 6.35. The van der Waals surface area contributed by atoms with E-state index in [9.17, 15) is 9.18 Å². The number of nitrogens with one attached hydrogen (secondary N) is 1. The van der Waals surface area contributed by atoms with Crippen LogP contribution < -0.4 is 0 Å². The van der Waals surface area contributed by atoms with Crippen LogP contribution in [0.1, 0.15) is 23.9 Å². The summed E-state index contributed by atoms with van der Waals surface area (Å²) in [6, 6.07) is 8.30. The van der Waals surface area contributed by atoms with Crippen molar-refractivity contribution in [1.29, 1.82) is 5.41 Å². The number of allylic oxidation sites excluding steroid dienone is 1.